The summed E-state index contributed by atoms with van der Waals surface area (Å²) in [4.78, 5) is 0. The van der Waals surface area contributed by atoms with Crippen LogP contribution in [0.25, 0.3) is 11.1 Å². The Kier molecular flexibility index (Phi) is 4.55. The molecule has 0 saturated carbocycles. The summed E-state index contributed by atoms with van der Waals surface area (Å²) < 4.78 is 0. The van der Waals surface area contributed by atoms with Crippen molar-refractivity contribution in [1.82, 2.24) is 0 Å². The van der Waals surface area contributed by atoms with Gasteiger partial charge in [-0.2, -0.15) is 0 Å². The number of hydrogen-bond donors (Lipinski definition) is 3. The van der Waals surface area contributed by atoms with Crippen molar-refractivity contribution < 1.29 is 10.2 Å². The highest BCUT2D eigenvalue weighted by atomic mass is 16.3. The van der Waals surface area contributed by atoms with E-state index in [0.717, 1.165) is 16.7 Å². The standard InChI is InChI=1S/C17H21NO2/c1-2-16(20)17(18,12-19)15-10-8-14(9-11-15)13-6-4-3-5-7-13/h3-11,16,19-20H,2,12,18H2,1H3. The first-order chi connectivity index (χ1) is 9.61. The van der Waals surface area contributed by atoms with Gasteiger partial charge in [0.1, 0.15) is 0 Å². The van der Waals surface area contributed by atoms with Crippen LogP contribution in [-0.2, 0) is 5.54 Å². The number of benzene rings is 2. The Morgan fingerprint density at radius 3 is 2.05 bits per heavy atom. The molecule has 0 saturated heterocycles. The molecule has 4 N–H and O–H groups in total. The van der Waals surface area contributed by atoms with Crippen molar-refractivity contribution in [2.45, 2.75) is 25.0 Å². The monoisotopic (exact) mass is 271 g/mol. The molecule has 0 aliphatic carbocycles. The molecule has 20 heavy (non-hydrogen) atoms. The zero-order valence-electron chi connectivity index (χ0n) is 11.7. The molecule has 2 atom stereocenters. The predicted octanol–water partition coefficient (Wildman–Crippen LogP) is 2.27. The number of nitrogens with two attached hydrogens (primary N) is 1. The second-order valence-corrected chi connectivity index (χ2v) is 5.07. The summed E-state index contributed by atoms with van der Waals surface area (Å²) in [6, 6.07) is 17.7. The van der Waals surface area contributed by atoms with Gasteiger partial charge in [0.15, 0.2) is 0 Å². The molecular formula is C17H21NO2. The average Bonchev–Trinajstić information content (AvgIpc) is 2.54. The molecule has 0 heterocycles. The highest BCUT2D eigenvalue weighted by Gasteiger charge is 2.33. The van der Waals surface area contributed by atoms with Gasteiger partial charge in [0.2, 0.25) is 0 Å². The lowest BCUT2D eigenvalue weighted by Gasteiger charge is -2.32. The van der Waals surface area contributed by atoms with Crippen molar-refractivity contribution in [3.8, 4) is 11.1 Å². The van der Waals surface area contributed by atoms with E-state index >= 15 is 0 Å². The molecule has 0 aliphatic rings. The van der Waals surface area contributed by atoms with Crippen molar-refractivity contribution in [1.29, 1.82) is 0 Å². The summed E-state index contributed by atoms with van der Waals surface area (Å²) in [6.45, 7) is 1.56. The van der Waals surface area contributed by atoms with Gasteiger partial charge in [-0.25, -0.2) is 0 Å². The number of rotatable bonds is 5. The van der Waals surface area contributed by atoms with Crippen molar-refractivity contribution in [3.05, 3.63) is 60.2 Å². The maximum absolute atomic E-state index is 10.0. The minimum atomic E-state index is -1.11. The van der Waals surface area contributed by atoms with E-state index in [9.17, 15) is 10.2 Å². The first kappa shape index (κ1) is 14.7. The Labute approximate surface area is 119 Å². The smallest absolute Gasteiger partial charge is 0.0906 e. The third kappa shape index (κ3) is 2.75. The van der Waals surface area contributed by atoms with Gasteiger partial charge in [-0.05, 0) is 23.1 Å². The lowest BCUT2D eigenvalue weighted by Crippen LogP contribution is -2.50. The summed E-state index contributed by atoms with van der Waals surface area (Å²) in [6.07, 6.45) is -0.271. The van der Waals surface area contributed by atoms with E-state index in [0.29, 0.717) is 6.42 Å². The Morgan fingerprint density at radius 2 is 1.55 bits per heavy atom. The Balaban J connectivity index is 2.32. The first-order valence-electron chi connectivity index (χ1n) is 6.85. The summed E-state index contributed by atoms with van der Waals surface area (Å²) in [5.41, 5.74) is 8.01. The van der Waals surface area contributed by atoms with Crippen LogP contribution in [0.15, 0.2) is 54.6 Å². The van der Waals surface area contributed by atoms with E-state index in [-0.39, 0.29) is 6.61 Å². The molecule has 3 heteroatoms. The first-order valence-corrected chi connectivity index (χ1v) is 6.85. The molecule has 0 fully saturated rings. The second-order valence-electron chi connectivity index (χ2n) is 5.07. The fraction of sp³-hybridized carbons (Fsp3) is 0.294. The molecule has 3 nitrogen and oxygen atoms in total. The molecule has 2 aromatic rings. The van der Waals surface area contributed by atoms with E-state index in [1.807, 2.05) is 61.5 Å². The second kappa shape index (κ2) is 6.18. The summed E-state index contributed by atoms with van der Waals surface area (Å²) in [5, 5.41) is 19.6. The molecule has 0 aromatic heterocycles. The zero-order valence-corrected chi connectivity index (χ0v) is 11.7. The minimum absolute atomic E-state index is 0.285. The van der Waals surface area contributed by atoms with Gasteiger partial charge in [0.05, 0.1) is 18.2 Å². The predicted molar refractivity (Wildman–Crippen MR) is 81.1 cm³/mol. The van der Waals surface area contributed by atoms with E-state index in [2.05, 4.69) is 0 Å². The van der Waals surface area contributed by atoms with Crippen LogP contribution in [0.3, 0.4) is 0 Å². The minimum Gasteiger partial charge on any atom is -0.394 e. The van der Waals surface area contributed by atoms with Crippen molar-refractivity contribution >= 4 is 0 Å². The number of aliphatic hydroxyl groups is 2. The van der Waals surface area contributed by atoms with Crippen molar-refractivity contribution in [2.24, 2.45) is 5.73 Å². The highest BCUT2D eigenvalue weighted by molar-refractivity contribution is 5.63. The Hall–Kier alpha value is -1.68. The van der Waals surface area contributed by atoms with Crippen LogP contribution in [0.1, 0.15) is 18.9 Å². The summed E-state index contributed by atoms with van der Waals surface area (Å²) >= 11 is 0. The summed E-state index contributed by atoms with van der Waals surface area (Å²) in [7, 11) is 0. The van der Waals surface area contributed by atoms with Gasteiger partial charge in [-0.15, -0.1) is 0 Å². The molecule has 0 spiro atoms. The SMILES string of the molecule is CCC(O)C(N)(CO)c1ccc(-c2ccccc2)cc1. The van der Waals surface area contributed by atoms with Crippen molar-refractivity contribution in [2.75, 3.05) is 6.61 Å². The number of aliphatic hydroxyl groups excluding tert-OH is 2. The molecule has 2 aromatic carbocycles. The molecule has 0 bridgehead atoms. The highest BCUT2D eigenvalue weighted by Crippen LogP contribution is 2.27. The van der Waals surface area contributed by atoms with Gasteiger partial charge in [0, 0.05) is 0 Å². The molecule has 106 valence electrons. The van der Waals surface area contributed by atoms with Crippen LogP contribution in [0.5, 0.6) is 0 Å². The Morgan fingerprint density at radius 1 is 1.00 bits per heavy atom. The quantitative estimate of drug-likeness (QED) is 0.781. The van der Waals surface area contributed by atoms with E-state index in [1.165, 1.54) is 0 Å². The van der Waals surface area contributed by atoms with Crippen LogP contribution >= 0.6 is 0 Å². The van der Waals surface area contributed by atoms with Crippen LogP contribution in [0.4, 0.5) is 0 Å². The van der Waals surface area contributed by atoms with E-state index in [1.54, 1.807) is 0 Å². The van der Waals surface area contributed by atoms with E-state index in [4.69, 9.17) is 5.73 Å². The lowest BCUT2D eigenvalue weighted by atomic mass is 9.84. The fourth-order valence-corrected chi connectivity index (χ4v) is 2.36. The van der Waals surface area contributed by atoms with Gasteiger partial charge in [0.25, 0.3) is 0 Å². The fourth-order valence-electron chi connectivity index (χ4n) is 2.36. The zero-order chi connectivity index (χ0) is 14.6. The third-order valence-corrected chi connectivity index (χ3v) is 3.77. The van der Waals surface area contributed by atoms with Crippen LogP contribution in [-0.4, -0.2) is 22.9 Å². The van der Waals surface area contributed by atoms with Crippen LogP contribution < -0.4 is 5.73 Å². The summed E-state index contributed by atoms with van der Waals surface area (Å²) in [5.74, 6) is 0. The normalized spacial score (nSPS) is 15.6. The largest absolute Gasteiger partial charge is 0.394 e. The van der Waals surface area contributed by atoms with Crippen molar-refractivity contribution in [3.63, 3.8) is 0 Å². The molecule has 0 aliphatic heterocycles. The van der Waals surface area contributed by atoms with Gasteiger partial charge in [-0.1, -0.05) is 61.5 Å². The van der Waals surface area contributed by atoms with Gasteiger partial charge < -0.3 is 15.9 Å². The van der Waals surface area contributed by atoms with Gasteiger partial charge >= 0.3 is 0 Å². The average molecular weight is 271 g/mol. The maximum atomic E-state index is 10.0. The van der Waals surface area contributed by atoms with Gasteiger partial charge in [-0.3, -0.25) is 0 Å². The maximum Gasteiger partial charge on any atom is 0.0906 e. The van der Waals surface area contributed by atoms with Crippen LogP contribution in [0.2, 0.25) is 0 Å². The number of hydrogen-bond acceptors (Lipinski definition) is 3. The lowest BCUT2D eigenvalue weighted by molar-refractivity contribution is 0.0384. The molecule has 2 rings (SSSR count). The Bertz CT molecular complexity index is 539. The molecule has 0 radical (unpaired) electrons. The molecule has 0 amide bonds. The topological polar surface area (TPSA) is 66.5 Å². The third-order valence-electron chi connectivity index (χ3n) is 3.77. The molecular weight excluding hydrogens is 250 g/mol. The van der Waals surface area contributed by atoms with Crippen LogP contribution in [0, 0.1) is 0 Å². The molecule has 2 unspecified atom stereocenters. The van der Waals surface area contributed by atoms with E-state index < -0.39 is 11.6 Å².